The molecule has 1 unspecified atom stereocenters. The van der Waals surface area contributed by atoms with Crippen molar-refractivity contribution in [1.29, 1.82) is 0 Å². The van der Waals surface area contributed by atoms with E-state index in [9.17, 15) is 0 Å². The first-order chi connectivity index (χ1) is 9.10. The van der Waals surface area contributed by atoms with Crippen molar-refractivity contribution < 1.29 is 4.74 Å². The van der Waals surface area contributed by atoms with E-state index in [1.54, 1.807) is 0 Å². The molecule has 1 aliphatic heterocycles. The summed E-state index contributed by atoms with van der Waals surface area (Å²) < 4.78 is 5.99. The summed E-state index contributed by atoms with van der Waals surface area (Å²) in [5, 5.41) is 0.0660. The third-order valence-corrected chi connectivity index (χ3v) is 4.04. The highest BCUT2D eigenvalue weighted by atomic mass is 32.1. The van der Waals surface area contributed by atoms with Crippen LogP contribution >= 0.6 is 12.6 Å². The van der Waals surface area contributed by atoms with Gasteiger partial charge in [-0.1, -0.05) is 36.9 Å². The van der Waals surface area contributed by atoms with Crippen molar-refractivity contribution in [3.63, 3.8) is 0 Å². The van der Waals surface area contributed by atoms with Crippen LogP contribution in [0.3, 0.4) is 0 Å². The number of hydrogen-bond acceptors (Lipinski definition) is 2. The largest absolute Gasteiger partial charge is 0.491 e. The topological polar surface area (TPSA) is 9.23 Å². The molecule has 1 aliphatic rings. The Morgan fingerprint density at radius 3 is 2.74 bits per heavy atom. The highest BCUT2D eigenvalue weighted by Crippen LogP contribution is 2.40. The van der Waals surface area contributed by atoms with Crippen LogP contribution in [0.15, 0.2) is 42.5 Å². The van der Waals surface area contributed by atoms with E-state index in [2.05, 4.69) is 58.2 Å². The Hall–Kier alpha value is -1.41. The maximum atomic E-state index is 5.99. The van der Waals surface area contributed by atoms with Gasteiger partial charge in [0.2, 0.25) is 0 Å². The Labute approximate surface area is 121 Å². The van der Waals surface area contributed by atoms with Gasteiger partial charge < -0.3 is 4.74 Å². The molecule has 1 aromatic rings. The van der Waals surface area contributed by atoms with Crippen LogP contribution in [0, 0.1) is 13.8 Å². The van der Waals surface area contributed by atoms with Crippen LogP contribution in [-0.4, -0.2) is 11.9 Å². The molecule has 1 nitrogen and oxygen atoms in total. The zero-order valence-electron chi connectivity index (χ0n) is 11.7. The highest BCUT2D eigenvalue weighted by molar-refractivity contribution is 7.81. The number of thiol groups is 1. The summed E-state index contributed by atoms with van der Waals surface area (Å²) in [4.78, 5) is 0. The van der Waals surface area contributed by atoms with E-state index in [1.165, 1.54) is 22.3 Å². The Morgan fingerprint density at radius 2 is 2.11 bits per heavy atom. The second-order valence-electron chi connectivity index (χ2n) is 4.77. The van der Waals surface area contributed by atoms with Crippen LogP contribution in [0.1, 0.15) is 23.6 Å². The number of hydrogen-bond donors (Lipinski definition) is 1. The van der Waals surface area contributed by atoms with Crippen molar-refractivity contribution in [1.82, 2.24) is 0 Å². The summed E-state index contributed by atoms with van der Waals surface area (Å²) in [6.45, 7) is 10.6. The van der Waals surface area contributed by atoms with Crippen LogP contribution in [0.2, 0.25) is 0 Å². The Kier molecular flexibility index (Phi) is 4.20. The first-order valence-electron chi connectivity index (χ1n) is 6.50. The van der Waals surface area contributed by atoms with E-state index >= 15 is 0 Å². The molecule has 0 N–H and O–H groups in total. The molecule has 1 atom stereocenters. The van der Waals surface area contributed by atoms with E-state index in [0.717, 1.165) is 11.3 Å². The molecule has 0 bridgehead atoms. The average Bonchev–Trinajstić information content (AvgIpc) is 2.53. The quantitative estimate of drug-likeness (QED) is 0.740. The Bertz CT molecular complexity index is 567. The van der Waals surface area contributed by atoms with E-state index < -0.39 is 0 Å². The van der Waals surface area contributed by atoms with Crippen LogP contribution in [0.25, 0.3) is 5.57 Å². The summed E-state index contributed by atoms with van der Waals surface area (Å²) in [6, 6.07) is 4.28. The molecule has 0 aromatic heterocycles. The first kappa shape index (κ1) is 14.0. The summed E-state index contributed by atoms with van der Waals surface area (Å²) >= 11 is 4.66. The lowest BCUT2D eigenvalue weighted by Gasteiger charge is -2.14. The van der Waals surface area contributed by atoms with Crippen LogP contribution in [0.4, 0.5) is 0 Å². The Balaban J connectivity index is 2.68. The maximum Gasteiger partial charge on any atom is 0.130 e. The minimum atomic E-state index is 0.0660. The van der Waals surface area contributed by atoms with Gasteiger partial charge in [0.1, 0.15) is 12.4 Å². The SMILES string of the molecule is C=CC=C1/C(=C\C)c2ccc(C)c(C)c2OCC1S. The molecule has 0 aliphatic carbocycles. The summed E-state index contributed by atoms with van der Waals surface area (Å²) in [5.41, 5.74) is 5.96. The lowest BCUT2D eigenvalue weighted by atomic mass is 9.92. The minimum Gasteiger partial charge on any atom is -0.491 e. The third-order valence-electron chi connectivity index (χ3n) is 3.61. The summed E-state index contributed by atoms with van der Waals surface area (Å²) in [7, 11) is 0. The lowest BCUT2D eigenvalue weighted by molar-refractivity contribution is 0.328. The van der Waals surface area contributed by atoms with Crippen molar-refractivity contribution in [2.45, 2.75) is 26.0 Å². The van der Waals surface area contributed by atoms with Crippen LogP contribution in [0.5, 0.6) is 5.75 Å². The van der Waals surface area contributed by atoms with E-state index in [4.69, 9.17) is 4.74 Å². The first-order valence-corrected chi connectivity index (χ1v) is 7.02. The molecule has 1 heterocycles. The van der Waals surface area contributed by atoms with Crippen LogP contribution in [-0.2, 0) is 0 Å². The predicted octanol–water partition coefficient (Wildman–Crippen LogP) is 4.51. The van der Waals surface area contributed by atoms with Gasteiger partial charge in [-0.3, -0.25) is 0 Å². The molecule has 0 fully saturated rings. The fourth-order valence-electron chi connectivity index (χ4n) is 2.43. The number of benzene rings is 1. The van der Waals surface area contributed by atoms with Crippen molar-refractivity contribution >= 4 is 18.2 Å². The molecule has 19 heavy (non-hydrogen) atoms. The molecule has 0 amide bonds. The van der Waals surface area contributed by atoms with E-state index in [-0.39, 0.29) is 5.25 Å². The van der Waals surface area contributed by atoms with Crippen molar-refractivity contribution in [3.8, 4) is 5.75 Å². The molecular weight excluding hydrogens is 252 g/mol. The fourth-order valence-corrected chi connectivity index (χ4v) is 2.72. The van der Waals surface area contributed by atoms with Crippen LogP contribution < -0.4 is 4.74 Å². The van der Waals surface area contributed by atoms with Gasteiger partial charge in [0.05, 0.1) is 5.25 Å². The van der Waals surface area contributed by atoms with Gasteiger partial charge in [0.15, 0.2) is 0 Å². The number of fused-ring (bicyclic) bond motifs is 1. The zero-order valence-corrected chi connectivity index (χ0v) is 12.6. The van der Waals surface area contributed by atoms with E-state index in [0.29, 0.717) is 6.61 Å². The second-order valence-corrected chi connectivity index (χ2v) is 5.39. The molecule has 1 aromatic carbocycles. The van der Waals surface area contributed by atoms with Crippen molar-refractivity contribution in [2.24, 2.45) is 0 Å². The molecule has 0 saturated carbocycles. The molecule has 100 valence electrons. The van der Waals surface area contributed by atoms with Gasteiger partial charge in [0, 0.05) is 5.56 Å². The van der Waals surface area contributed by atoms with Gasteiger partial charge in [-0.2, -0.15) is 12.6 Å². The van der Waals surface area contributed by atoms with Gasteiger partial charge >= 0.3 is 0 Å². The monoisotopic (exact) mass is 272 g/mol. The van der Waals surface area contributed by atoms with Gasteiger partial charge in [-0.05, 0) is 43.0 Å². The molecule has 0 radical (unpaired) electrons. The van der Waals surface area contributed by atoms with Gasteiger partial charge in [-0.15, -0.1) is 0 Å². The van der Waals surface area contributed by atoms with Crippen molar-refractivity contribution in [3.05, 3.63) is 59.2 Å². The average molecular weight is 272 g/mol. The third kappa shape index (κ3) is 2.50. The maximum absolute atomic E-state index is 5.99. The normalized spacial score (nSPS) is 22.8. The molecule has 0 spiro atoms. The molecule has 2 heteroatoms. The minimum absolute atomic E-state index is 0.0660. The molecule has 2 rings (SSSR count). The number of rotatable bonds is 1. The highest BCUT2D eigenvalue weighted by Gasteiger charge is 2.24. The van der Waals surface area contributed by atoms with Gasteiger partial charge in [0.25, 0.3) is 0 Å². The van der Waals surface area contributed by atoms with Crippen molar-refractivity contribution in [2.75, 3.05) is 6.61 Å². The number of aryl methyl sites for hydroxylation is 1. The Morgan fingerprint density at radius 1 is 1.37 bits per heavy atom. The zero-order chi connectivity index (χ0) is 14.0. The molecular formula is C17H20OS. The number of allylic oxidation sites excluding steroid dienone is 4. The predicted molar refractivity (Wildman–Crippen MR) is 86.1 cm³/mol. The number of ether oxygens (including phenoxy) is 1. The van der Waals surface area contributed by atoms with Gasteiger partial charge in [-0.25, -0.2) is 0 Å². The second kappa shape index (κ2) is 5.70. The lowest BCUT2D eigenvalue weighted by Crippen LogP contribution is -2.12. The summed E-state index contributed by atoms with van der Waals surface area (Å²) in [6.07, 6.45) is 5.97. The van der Waals surface area contributed by atoms with E-state index in [1.807, 2.05) is 12.2 Å². The standard InChI is InChI=1S/C17H20OS/c1-5-7-14-13(6-2)15-9-8-11(3)12(4)17(15)18-10-16(14)19/h5-9,16,19H,1,10H2,2-4H3/b13-6+,14-7?. The smallest absolute Gasteiger partial charge is 0.130 e. The molecule has 0 saturated heterocycles. The fraction of sp³-hybridized carbons (Fsp3) is 0.294. The summed E-state index contributed by atoms with van der Waals surface area (Å²) in [5.74, 6) is 0.986.